The van der Waals surface area contributed by atoms with Crippen LogP contribution in [-0.2, 0) is 9.59 Å². The summed E-state index contributed by atoms with van der Waals surface area (Å²) in [6.07, 6.45) is 11.9. The molecule has 3 aliphatic heterocycles. The maximum absolute atomic E-state index is 13.1. The minimum atomic E-state index is -0.969. The van der Waals surface area contributed by atoms with Gasteiger partial charge in [-0.3, -0.25) is 39.4 Å². The second-order valence-electron chi connectivity index (χ2n) is 14.2. The number of allylic oxidation sites excluding steroid dienone is 1. The van der Waals surface area contributed by atoms with Crippen molar-refractivity contribution in [3.63, 3.8) is 0 Å². The summed E-state index contributed by atoms with van der Waals surface area (Å²) >= 11 is 0. The van der Waals surface area contributed by atoms with Crippen molar-refractivity contribution in [3.05, 3.63) is 65.6 Å². The zero-order chi connectivity index (χ0) is 34.4. The second kappa shape index (κ2) is 12.9. The number of amides is 4. The molecular weight excluding hydrogens is 634 g/mol. The minimum Gasteiger partial charge on any atom is -0.404 e. The smallest absolute Gasteiger partial charge is 0.262 e. The molecule has 4 amide bonds. The van der Waals surface area contributed by atoms with Gasteiger partial charge in [-0.1, -0.05) is 0 Å². The molecule has 2 aromatic carbocycles. The summed E-state index contributed by atoms with van der Waals surface area (Å²) in [7, 11) is 0. The highest BCUT2D eigenvalue weighted by molar-refractivity contribution is 6.23. The van der Waals surface area contributed by atoms with Crippen LogP contribution in [0, 0.1) is 5.92 Å². The number of carbonyl (C=O) groups excluding carboxylic acids is 4. The molecule has 1 atom stereocenters. The van der Waals surface area contributed by atoms with Crippen LogP contribution in [0.5, 0.6) is 0 Å². The van der Waals surface area contributed by atoms with Gasteiger partial charge in [0.1, 0.15) is 6.04 Å². The van der Waals surface area contributed by atoms with Crippen molar-refractivity contribution in [2.24, 2.45) is 16.6 Å². The van der Waals surface area contributed by atoms with Gasteiger partial charge in [0.25, 0.3) is 11.8 Å². The summed E-state index contributed by atoms with van der Waals surface area (Å²) in [6.45, 7) is 3.73. The Morgan fingerprint density at radius 3 is 2.70 bits per heavy atom. The van der Waals surface area contributed by atoms with Crippen LogP contribution in [0.2, 0.25) is 0 Å². The fraction of sp³-hybridized carbons (Fsp3) is 0.432. The van der Waals surface area contributed by atoms with Gasteiger partial charge in [-0.15, -0.1) is 0 Å². The van der Waals surface area contributed by atoms with E-state index in [1.807, 2.05) is 12.3 Å². The Kier molecular flexibility index (Phi) is 8.30. The number of carbonyl (C=O) groups is 4. The van der Waals surface area contributed by atoms with Crippen LogP contribution in [0.25, 0.3) is 16.6 Å². The molecule has 5 aliphatic rings. The standard InChI is InChI=1S/C37H41N9O4/c38-18-23(31-20-41-29-6-4-26(17-30(29)43-31)45-13-12-42-37(21-45)9-10-37)19-40-25-14-22(15-25)2-1-11-39-24-3-5-27-28(16-24)36(50)46(35(27)49)32-7-8-33(47)44-34(32)48/h3-6,16-20,22,25,32,39,42H,1-2,7-15,21,38H2,(H,44,47,48). The van der Waals surface area contributed by atoms with Gasteiger partial charge in [0, 0.05) is 67.5 Å². The number of benzene rings is 2. The Labute approximate surface area is 289 Å². The lowest BCUT2D eigenvalue weighted by atomic mass is 9.78. The van der Waals surface area contributed by atoms with E-state index in [0.717, 1.165) is 79.1 Å². The number of rotatable bonds is 10. The highest BCUT2D eigenvalue weighted by Gasteiger charge is 2.46. The highest BCUT2D eigenvalue weighted by Crippen LogP contribution is 2.39. The molecule has 0 radical (unpaired) electrons. The van der Waals surface area contributed by atoms with Crippen LogP contribution >= 0.6 is 0 Å². The number of piperidine rings is 1. The number of aromatic nitrogens is 2. The Balaban J connectivity index is 0.803. The van der Waals surface area contributed by atoms with Crippen molar-refractivity contribution < 1.29 is 19.2 Å². The third-order valence-corrected chi connectivity index (χ3v) is 10.8. The van der Waals surface area contributed by atoms with Crippen molar-refractivity contribution in [1.29, 1.82) is 0 Å². The van der Waals surface area contributed by atoms with Gasteiger partial charge in [-0.2, -0.15) is 0 Å². The first-order valence-corrected chi connectivity index (χ1v) is 17.6. The van der Waals surface area contributed by atoms with Crippen molar-refractivity contribution in [2.45, 2.75) is 69.0 Å². The number of hydrogen-bond acceptors (Lipinski definition) is 11. The number of imide groups is 2. The lowest BCUT2D eigenvalue weighted by Crippen LogP contribution is -2.54. The van der Waals surface area contributed by atoms with Crippen LogP contribution < -0.4 is 26.6 Å². The van der Waals surface area contributed by atoms with Crippen LogP contribution in [0.15, 0.2) is 53.8 Å². The van der Waals surface area contributed by atoms with Gasteiger partial charge in [-0.25, -0.2) is 4.98 Å². The van der Waals surface area contributed by atoms with E-state index < -0.39 is 29.7 Å². The van der Waals surface area contributed by atoms with Crippen LogP contribution in [0.4, 0.5) is 11.4 Å². The number of aliphatic imine (C=N–C) groups is 1. The van der Waals surface area contributed by atoms with E-state index in [1.165, 1.54) is 18.5 Å². The highest BCUT2D eigenvalue weighted by atomic mass is 16.2. The molecule has 4 fully saturated rings. The van der Waals surface area contributed by atoms with Crippen molar-refractivity contribution in [3.8, 4) is 0 Å². The largest absolute Gasteiger partial charge is 0.404 e. The van der Waals surface area contributed by atoms with Gasteiger partial charge in [0.15, 0.2) is 0 Å². The van der Waals surface area contributed by atoms with Gasteiger partial charge < -0.3 is 21.3 Å². The average Bonchev–Trinajstić information content (AvgIpc) is 3.80. The number of anilines is 2. The summed E-state index contributed by atoms with van der Waals surface area (Å²) in [5.41, 5.74) is 12.0. The van der Waals surface area contributed by atoms with E-state index in [1.54, 1.807) is 30.6 Å². The first-order valence-electron chi connectivity index (χ1n) is 17.6. The number of fused-ring (bicyclic) bond motifs is 2. The van der Waals surface area contributed by atoms with Crippen LogP contribution in [0.1, 0.15) is 77.8 Å². The molecule has 2 saturated carbocycles. The average molecular weight is 676 g/mol. The quantitative estimate of drug-likeness (QED) is 0.142. The van der Waals surface area contributed by atoms with E-state index >= 15 is 0 Å². The lowest BCUT2D eigenvalue weighted by Gasteiger charge is -2.35. The molecule has 13 nitrogen and oxygen atoms in total. The van der Waals surface area contributed by atoms with Gasteiger partial charge in [0.2, 0.25) is 11.8 Å². The second-order valence-corrected chi connectivity index (χ2v) is 14.2. The Morgan fingerprint density at radius 2 is 1.90 bits per heavy atom. The van der Waals surface area contributed by atoms with E-state index in [2.05, 4.69) is 38.0 Å². The maximum Gasteiger partial charge on any atom is 0.262 e. The van der Waals surface area contributed by atoms with E-state index in [4.69, 9.17) is 15.7 Å². The molecule has 50 heavy (non-hydrogen) atoms. The van der Waals surface area contributed by atoms with E-state index in [9.17, 15) is 19.2 Å². The van der Waals surface area contributed by atoms with Crippen LogP contribution in [0.3, 0.4) is 0 Å². The molecule has 1 aromatic heterocycles. The van der Waals surface area contributed by atoms with Crippen molar-refractivity contribution in [1.82, 2.24) is 25.5 Å². The van der Waals surface area contributed by atoms with Gasteiger partial charge >= 0.3 is 0 Å². The van der Waals surface area contributed by atoms with E-state index in [0.29, 0.717) is 17.2 Å². The zero-order valence-corrected chi connectivity index (χ0v) is 27.9. The summed E-state index contributed by atoms with van der Waals surface area (Å²) < 4.78 is 0. The Bertz CT molecular complexity index is 1950. The normalized spacial score (nSPS) is 24.6. The monoisotopic (exact) mass is 675 g/mol. The molecule has 2 aliphatic carbocycles. The molecule has 8 rings (SSSR count). The summed E-state index contributed by atoms with van der Waals surface area (Å²) in [5, 5.41) is 9.26. The number of nitrogens with one attached hydrogen (secondary N) is 3. The molecule has 258 valence electrons. The first-order chi connectivity index (χ1) is 24.3. The van der Waals surface area contributed by atoms with E-state index in [-0.39, 0.29) is 30.0 Å². The topological polar surface area (TPSA) is 175 Å². The summed E-state index contributed by atoms with van der Waals surface area (Å²) in [4.78, 5) is 67.7. The van der Waals surface area contributed by atoms with Gasteiger partial charge in [0.05, 0.1) is 40.1 Å². The molecule has 4 heterocycles. The molecule has 13 heteroatoms. The molecular formula is C37H41N9O4. The molecule has 3 aromatic rings. The predicted molar refractivity (Wildman–Crippen MR) is 190 cm³/mol. The molecule has 1 spiro atoms. The summed E-state index contributed by atoms with van der Waals surface area (Å²) in [5.74, 6) is -1.42. The third-order valence-electron chi connectivity index (χ3n) is 10.8. The number of hydrogen-bond donors (Lipinski definition) is 4. The maximum atomic E-state index is 13.1. The Hall–Kier alpha value is -5.17. The first kappa shape index (κ1) is 32.1. The SMILES string of the molecule is NC=C(C=NC1CC(CCCNc2ccc3c(c2)C(=O)N(C2CCC(=O)NC2=O)C3=O)C1)c1cnc2ccc(N3CCNC4(CC4)C3)cc2n1. The zero-order valence-electron chi connectivity index (χ0n) is 27.9. The number of nitrogens with two attached hydrogens (primary N) is 1. The van der Waals surface area contributed by atoms with Crippen LogP contribution in [-0.4, -0.2) is 88.5 Å². The number of piperazine rings is 1. The fourth-order valence-corrected chi connectivity index (χ4v) is 7.64. The summed E-state index contributed by atoms with van der Waals surface area (Å²) in [6, 6.07) is 10.7. The number of nitrogens with zero attached hydrogens (tertiary/aromatic N) is 5. The fourth-order valence-electron chi connectivity index (χ4n) is 7.64. The van der Waals surface area contributed by atoms with Crippen molar-refractivity contribution >= 4 is 57.8 Å². The molecule has 5 N–H and O–H groups in total. The van der Waals surface area contributed by atoms with Gasteiger partial charge in [-0.05, 0) is 87.3 Å². The van der Waals surface area contributed by atoms with Crippen molar-refractivity contribution in [2.75, 3.05) is 36.4 Å². The Morgan fingerprint density at radius 1 is 1.06 bits per heavy atom. The molecule has 1 unspecified atom stereocenters. The lowest BCUT2D eigenvalue weighted by molar-refractivity contribution is -0.136. The molecule has 2 saturated heterocycles. The third kappa shape index (κ3) is 6.21. The minimum absolute atomic E-state index is 0.0930. The molecule has 0 bridgehead atoms. The predicted octanol–water partition coefficient (Wildman–Crippen LogP) is 3.01.